The molecule has 12 rings (SSSR count). The van der Waals surface area contributed by atoms with Gasteiger partial charge in [0.05, 0.1) is 37.4 Å². The van der Waals surface area contributed by atoms with E-state index in [-0.39, 0.29) is 28.3 Å². The van der Waals surface area contributed by atoms with Crippen LogP contribution in [0.2, 0.25) is 6.82 Å². The molecular weight excluding hydrogens is 1180 g/mol. The van der Waals surface area contributed by atoms with Crippen LogP contribution in [0.15, 0.2) is 164 Å². The molecule has 11 nitrogen and oxygen atoms in total. The summed E-state index contributed by atoms with van der Waals surface area (Å²) in [5.41, 5.74) is 1.79. The van der Waals surface area contributed by atoms with Crippen molar-refractivity contribution < 1.29 is 27.6 Å². The van der Waals surface area contributed by atoms with Crippen molar-refractivity contribution in [3.05, 3.63) is 151 Å². The molecule has 0 aromatic carbocycles. The van der Waals surface area contributed by atoms with Crippen molar-refractivity contribution in [2.24, 2.45) is 22.7 Å². The molecule has 1 saturated carbocycles. The fraction of sp³-hybridized carbons (Fsp3) is 0.644. The molecule has 5 fully saturated rings. The van der Waals surface area contributed by atoms with Crippen molar-refractivity contribution in [1.82, 2.24) is 19.9 Å². The molecule has 0 radical (unpaired) electrons. The van der Waals surface area contributed by atoms with E-state index in [0.29, 0.717) is 0 Å². The molecule has 7 aliphatic rings. The highest BCUT2D eigenvalue weighted by molar-refractivity contribution is 8.17. The number of hydrogen-bond donors (Lipinski definition) is 0. The summed E-state index contributed by atoms with van der Waals surface area (Å²) in [5, 5.41) is 6.01. The maximum atomic E-state index is 5.06. The van der Waals surface area contributed by atoms with E-state index in [1.54, 1.807) is 71.7 Å². The highest BCUT2D eigenvalue weighted by Gasteiger charge is 2.14. The van der Waals surface area contributed by atoms with Crippen LogP contribution in [-0.4, -0.2) is 102 Å². The number of allylic oxidation sites excluding steroid dienone is 5. The van der Waals surface area contributed by atoms with Crippen molar-refractivity contribution >= 4 is 59.5 Å². The van der Waals surface area contributed by atoms with Gasteiger partial charge in [-0.05, 0) is 144 Å². The fourth-order valence-electron chi connectivity index (χ4n) is 6.20. The molecule has 5 aromatic rings. The number of thiazole rings is 1. The van der Waals surface area contributed by atoms with Crippen LogP contribution in [0.25, 0.3) is 0 Å². The largest absolute Gasteiger partial charge is 0.473 e. The lowest BCUT2D eigenvalue weighted by molar-refractivity contribution is -0.167. The number of nitrogens with zero attached hydrogens (tertiary/aromatic N) is 5. The molecule has 89 heavy (non-hydrogen) atoms. The first kappa shape index (κ1) is 104. The van der Waals surface area contributed by atoms with Gasteiger partial charge in [0, 0.05) is 60.6 Å². The summed E-state index contributed by atoms with van der Waals surface area (Å²) in [5.74, 6) is 5.78. The van der Waals surface area contributed by atoms with Crippen LogP contribution in [0.5, 0.6) is 0 Å². The van der Waals surface area contributed by atoms with Crippen LogP contribution in [0, 0.1) is 17.8 Å². The van der Waals surface area contributed by atoms with Crippen LogP contribution >= 0.6 is 46.2 Å². The molecule has 5 aromatic heterocycles. The average Bonchev–Trinajstić information content (AvgIpc) is 4.47. The summed E-state index contributed by atoms with van der Waals surface area (Å²) in [7, 11) is 2.24. The van der Waals surface area contributed by atoms with E-state index in [2.05, 4.69) is 116 Å². The number of hydrogen-bond acceptors (Lipinski definition) is 15. The van der Waals surface area contributed by atoms with E-state index >= 15 is 0 Å². The van der Waals surface area contributed by atoms with Gasteiger partial charge in [-0.2, -0.15) is 11.3 Å². The molecule has 0 unspecified atom stereocenters. The number of oxazole rings is 1. The monoisotopic (exact) mass is 1320 g/mol. The Balaban J connectivity index is -0.000000110. The van der Waals surface area contributed by atoms with Crippen LogP contribution in [0.1, 0.15) is 217 Å². The normalized spacial score (nSPS) is 16.5. The molecule has 0 amide bonds. The van der Waals surface area contributed by atoms with Crippen molar-refractivity contribution in [2.45, 2.75) is 235 Å². The smallest absolute Gasteiger partial charge is 0.453 e. The maximum Gasteiger partial charge on any atom is 0.453 e. The van der Waals surface area contributed by atoms with E-state index in [0.717, 1.165) is 74.4 Å². The van der Waals surface area contributed by atoms with Gasteiger partial charge in [0.25, 0.3) is 0 Å². The maximum absolute atomic E-state index is 5.06. The number of rotatable bonds is 0. The topological polar surface area (TPSA) is 117 Å². The number of likely N-dealkylation sites (tertiary alicyclic amines) is 1. The second kappa shape index (κ2) is 101. The zero-order valence-corrected chi connectivity index (χ0v) is 62.5. The van der Waals surface area contributed by atoms with E-state index in [4.69, 9.17) is 18.8 Å². The summed E-state index contributed by atoms with van der Waals surface area (Å²) < 4.78 is 30.1. The Bertz CT molecular complexity index is 1500. The zero-order chi connectivity index (χ0) is 66.8. The van der Waals surface area contributed by atoms with E-state index < -0.39 is 0 Å². The Hall–Kier alpha value is -3.58. The second-order valence-corrected chi connectivity index (χ2v) is 22.1. The van der Waals surface area contributed by atoms with Gasteiger partial charge in [-0.1, -0.05) is 207 Å². The van der Waals surface area contributed by atoms with Crippen LogP contribution in [0.3, 0.4) is 0 Å². The predicted octanol–water partition coefficient (Wildman–Crippen LogP) is 24.6. The molecule has 16 heteroatoms. The molecule has 0 atom stereocenters. The summed E-state index contributed by atoms with van der Waals surface area (Å²) in [4.78, 5) is 17.3. The molecule has 0 spiro atoms. The van der Waals surface area contributed by atoms with Crippen molar-refractivity contribution in [2.75, 3.05) is 58.1 Å². The summed E-state index contributed by atoms with van der Waals surface area (Å²) in [6.45, 7) is 47.3. The highest BCUT2D eigenvalue weighted by Crippen LogP contribution is 2.29. The summed E-state index contributed by atoms with van der Waals surface area (Å²) >= 11 is 7.48. The molecule has 2 aliphatic carbocycles. The first-order valence-electron chi connectivity index (χ1n) is 33.1. The van der Waals surface area contributed by atoms with Crippen molar-refractivity contribution in [3.8, 4) is 0 Å². The van der Waals surface area contributed by atoms with Crippen molar-refractivity contribution in [3.63, 3.8) is 0 Å². The van der Waals surface area contributed by atoms with E-state index in [9.17, 15) is 0 Å². The van der Waals surface area contributed by atoms with Gasteiger partial charge in [0.2, 0.25) is 0 Å². The minimum absolute atomic E-state index is 0. The predicted molar refractivity (Wildman–Crippen MR) is 410 cm³/mol. The molecule has 4 saturated heterocycles. The molecule has 520 valence electrons. The second-order valence-electron chi connectivity index (χ2n) is 17.3. The minimum atomic E-state index is 0. The van der Waals surface area contributed by atoms with Gasteiger partial charge in [-0.15, -0.1) is 34.9 Å². The number of pyridine rings is 1. The zero-order valence-electron chi connectivity index (χ0n) is 59.2. The number of ether oxygens (including phenoxy) is 2. The van der Waals surface area contributed by atoms with Gasteiger partial charge in [-0.25, -0.2) is 4.98 Å². The standard InChI is InChI=1S/C8H16.C7H15N.C5H5N.C5H10O2.C5H10S2.C5H6.C4H9BO2.C4H5N.C4H4O.C4H4S.C3H3NO.C3H3NS.7C2H6.2CH4/c2*1-7-3-5-8(2)6-4-7;1-2-4-6-5-3-1;2*1-5-6-3-2-4-7-5;1-2-4-5-3-1;1-5-6-3-2-4-7-5;3*1-2-4-5-3-1;2*1-2-5-3-4-1;7*1-2;;/h7-8H,3-6H2,1-2H3;7H,3-6H2,1-2H3;1-5H;2*5H,2-4H2,1H3;1-4H,5H2;2-4H2,1H3;1,3-4H,2H2;2*1-4H;2*1-3H;7*1-2H3;2*1H4. The number of piperidine rings is 1. The first-order valence-corrected chi connectivity index (χ1v) is 37.0. The van der Waals surface area contributed by atoms with Gasteiger partial charge >= 0.3 is 7.12 Å². The van der Waals surface area contributed by atoms with Gasteiger partial charge < -0.3 is 32.5 Å². The van der Waals surface area contributed by atoms with Gasteiger partial charge in [-0.3, -0.25) is 15.0 Å². The molecular formula is C73H140BN5O6S4. The number of aromatic nitrogens is 3. The highest BCUT2D eigenvalue weighted by atomic mass is 32.2. The number of aliphatic imine (C=N–C) groups is 1. The average molecular weight is 1320 g/mol. The molecule has 5 aliphatic heterocycles. The first-order chi connectivity index (χ1) is 42.8. The van der Waals surface area contributed by atoms with E-state index in [1.165, 1.54) is 82.2 Å². The minimum Gasteiger partial charge on any atom is -0.473 e. The Morgan fingerprint density at radius 1 is 0.472 bits per heavy atom. The van der Waals surface area contributed by atoms with Gasteiger partial charge in [0.1, 0.15) is 6.26 Å². The van der Waals surface area contributed by atoms with Crippen LogP contribution < -0.4 is 0 Å². The Labute approximate surface area is 569 Å². The lowest BCUT2D eigenvalue weighted by atomic mass is 9.84. The fourth-order valence-corrected chi connectivity index (χ4v) is 9.43. The number of furan rings is 1. The van der Waals surface area contributed by atoms with E-state index in [1.807, 2.05) is 182 Å². The van der Waals surface area contributed by atoms with Crippen molar-refractivity contribution in [1.29, 1.82) is 0 Å². The number of thiophene rings is 1. The van der Waals surface area contributed by atoms with Crippen LogP contribution in [-0.2, 0) is 18.8 Å². The SMILES string of the molecule is C.C.C1=CCC=C1.C1=CN=CC1.CB1OCCCO1.CC.CC.CC.CC.CC.CC.CC.CC1CCC(C)CC1.CC1CCN(C)CC1.CC1OCCCO1.CC1SCCCS1.c1ccncc1.c1ccoc1.c1ccsc1.c1cocn1.c1cscn1. The Kier molecular flexibility index (Phi) is 118. The number of thioether (sulfide) groups is 2. The van der Waals surface area contributed by atoms with Crippen LogP contribution in [0.4, 0.5) is 0 Å². The summed E-state index contributed by atoms with van der Waals surface area (Å²) in [6, 6.07) is 13.4. The lowest BCUT2D eigenvalue weighted by Gasteiger charge is -2.26. The molecule has 10 heterocycles. The molecule has 0 N–H and O–H groups in total. The molecule has 0 bridgehead atoms. The lowest BCUT2D eigenvalue weighted by Crippen LogP contribution is -2.28. The third-order valence-electron chi connectivity index (χ3n) is 10.6. The Morgan fingerprint density at radius 3 is 1.17 bits per heavy atom. The van der Waals surface area contributed by atoms with Gasteiger partial charge in [0.15, 0.2) is 12.7 Å². The summed E-state index contributed by atoms with van der Waals surface area (Å²) in [6.07, 6.45) is 41.4. The quantitative estimate of drug-likeness (QED) is 0.137. The Morgan fingerprint density at radius 2 is 0.966 bits per heavy atom. The third kappa shape index (κ3) is 98.2. The third-order valence-corrected chi connectivity index (χ3v) is 14.6.